The van der Waals surface area contributed by atoms with Gasteiger partial charge in [-0.1, -0.05) is 36.4 Å². The molecule has 0 atom stereocenters. The number of sulfonamides is 1. The van der Waals surface area contributed by atoms with E-state index in [-0.39, 0.29) is 22.9 Å². The maximum atomic E-state index is 13.4. The highest BCUT2D eigenvalue weighted by molar-refractivity contribution is 7.89. The van der Waals surface area contributed by atoms with E-state index in [1.807, 2.05) is 31.2 Å². The number of nitrogens with one attached hydrogen (secondary N) is 1. The zero-order valence-corrected chi connectivity index (χ0v) is 21.5. The molecule has 0 aromatic heterocycles. The van der Waals surface area contributed by atoms with E-state index in [2.05, 4.69) is 4.72 Å². The Labute approximate surface area is 211 Å². The van der Waals surface area contributed by atoms with Gasteiger partial charge in [0.05, 0.1) is 11.5 Å². The number of hydrogen-bond donors (Lipinski definition) is 1. The second kappa shape index (κ2) is 10.7. The first-order valence-electron chi connectivity index (χ1n) is 12.0. The molecule has 8 nitrogen and oxygen atoms in total. The predicted molar refractivity (Wildman–Crippen MR) is 140 cm³/mol. The monoisotopic (exact) mass is 509 g/mol. The summed E-state index contributed by atoms with van der Waals surface area (Å²) in [5.74, 6) is -0.222. The van der Waals surface area contributed by atoms with Crippen molar-refractivity contribution < 1.29 is 22.7 Å². The molecule has 0 spiro atoms. The minimum Gasteiger partial charge on any atom is -0.450 e. The number of carbonyl (C=O) groups is 2. The largest absolute Gasteiger partial charge is 0.450 e. The molecule has 3 aromatic rings. The molecule has 9 heteroatoms. The van der Waals surface area contributed by atoms with Crippen molar-refractivity contribution in [1.82, 2.24) is 9.62 Å². The number of nitrogens with zero attached hydrogens (tertiary/aromatic N) is 2. The number of aryl methyl sites for hydroxylation is 1. The molecule has 0 radical (unpaired) electrons. The minimum absolute atomic E-state index is 0.126. The summed E-state index contributed by atoms with van der Waals surface area (Å²) in [6.45, 7) is 4.86. The molecule has 3 aromatic carbocycles. The fraction of sp³-hybridized carbons (Fsp3) is 0.333. The van der Waals surface area contributed by atoms with E-state index in [4.69, 9.17) is 4.74 Å². The third kappa shape index (κ3) is 5.37. The van der Waals surface area contributed by atoms with Crippen LogP contribution in [0.2, 0.25) is 0 Å². The first-order valence-corrected chi connectivity index (χ1v) is 13.5. The molecule has 0 saturated carbocycles. The van der Waals surface area contributed by atoms with Crippen LogP contribution in [0.3, 0.4) is 0 Å². The summed E-state index contributed by atoms with van der Waals surface area (Å²) < 4.78 is 34.6. The molecule has 4 rings (SSSR count). The number of likely N-dealkylation sites (tertiary alicyclic amines) is 1. The van der Waals surface area contributed by atoms with Crippen LogP contribution in [-0.2, 0) is 14.8 Å². The first-order chi connectivity index (χ1) is 17.2. The van der Waals surface area contributed by atoms with Crippen molar-refractivity contribution in [2.45, 2.75) is 37.6 Å². The van der Waals surface area contributed by atoms with Crippen LogP contribution in [0.5, 0.6) is 0 Å². The van der Waals surface area contributed by atoms with Crippen LogP contribution in [0, 0.1) is 6.92 Å². The molecule has 1 aliphatic rings. The van der Waals surface area contributed by atoms with Crippen LogP contribution in [0.15, 0.2) is 65.6 Å². The maximum Gasteiger partial charge on any atom is 0.409 e. The lowest BCUT2D eigenvalue weighted by molar-refractivity contribution is 0.0963. The number of benzene rings is 3. The average Bonchev–Trinajstić information content (AvgIpc) is 2.87. The van der Waals surface area contributed by atoms with Crippen LogP contribution in [0.4, 0.5) is 10.5 Å². The first kappa shape index (κ1) is 25.7. The fourth-order valence-corrected chi connectivity index (χ4v) is 6.04. The van der Waals surface area contributed by atoms with Gasteiger partial charge in [-0.05, 0) is 61.9 Å². The summed E-state index contributed by atoms with van der Waals surface area (Å²) in [5, 5.41) is 1.06. The molecule has 190 valence electrons. The molecular formula is C27H31N3O5S. The van der Waals surface area contributed by atoms with Gasteiger partial charge >= 0.3 is 6.09 Å². The van der Waals surface area contributed by atoms with Gasteiger partial charge in [-0.3, -0.25) is 4.79 Å². The Morgan fingerprint density at radius 2 is 1.69 bits per heavy atom. The second-order valence-electron chi connectivity index (χ2n) is 8.94. The highest BCUT2D eigenvalue weighted by Gasteiger charge is 2.28. The van der Waals surface area contributed by atoms with E-state index in [1.54, 1.807) is 60.2 Å². The molecular weight excluding hydrogens is 478 g/mol. The van der Waals surface area contributed by atoms with Crippen molar-refractivity contribution in [2.24, 2.45) is 0 Å². The molecule has 36 heavy (non-hydrogen) atoms. The van der Waals surface area contributed by atoms with Crippen LogP contribution >= 0.6 is 0 Å². The van der Waals surface area contributed by atoms with Gasteiger partial charge in [0.25, 0.3) is 5.91 Å². The van der Waals surface area contributed by atoms with Crippen molar-refractivity contribution in [3.63, 3.8) is 0 Å². The molecule has 1 fully saturated rings. The summed E-state index contributed by atoms with van der Waals surface area (Å²) in [4.78, 5) is 28.6. The standard InChI is InChI=1S/C27H31N3O5S/c1-4-35-27(32)30-16-14-20(15-17-30)28-36(33,34)25-13-7-10-22-23(25)11-6-12-24(22)26(31)29(3)21-9-5-8-19(2)18-21/h5-13,18,20,28H,4,14-17H2,1-3H3. The zero-order chi connectivity index (χ0) is 25.9. The summed E-state index contributed by atoms with van der Waals surface area (Å²) in [6, 6.07) is 17.5. The van der Waals surface area contributed by atoms with E-state index < -0.39 is 10.0 Å². The number of amides is 2. The van der Waals surface area contributed by atoms with Crippen LogP contribution in [0.1, 0.15) is 35.7 Å². The molecule has 1 aliphatic heterocycles. The van der Waals surface area contributed by atoms with Crippen LogP contribution in [-0.4, -0.2) is 58.1 Å². The summed E-state index contributed by atoms with van der Waals surface area (Å²) in [7, 11) is -2.16. The second-order valence-corrected chi connectivity index (χ2v) is 10.6. The van der Waals surface area contributed by atoms with Crippen molar-refractivity contribution in [2.75, 3.05) is 31.6 Å². The number of anilines is 1. The fourth-order valence-electron chi connectivity index (χ4n) is 4.51. The Balaban J connectivity index is 1.58. The molecule has 0 aliphatic carbocycles. The Hall–Kier alpha value is -3.43. The van der Waals surface area contributed by atoms with Crippen LogP contribution < -0.4 is 9.62 Å². The van der Waals surface area contributed by atoms with Crippen molar-refractivity contribution in [1.29, 1.82) is 0 Å². The normalized spacial score (nSPS) is 14.6. The van der Waals surface area contributed by atoms with Crippen molar-refractivity contribution >= 4 is 38.5 Å². The topological polar surface area (TPSA) is 96.0 Å². The minimum atomic E-state index is -3.86. The van der Waals surface area contributed by atoms with Crippen LogP contribution in [0.25, 0.3) is 10.8 Å². The number of hydrogen-bond acceptors (Lipinski definition) is 5. The molecule has 0 bridgehead atoms. The SMILES string of the molecule is CCOC(=O)N1CCC(NS(=O)(=O)c2cccc3c(C(=O)N(C)c4cccc(C)c4)cccc23)CC1. The van der Waals surface area contributed by atoms with E-state index in [9.17, 15) is 18.0 Å². The predicted octanol–water partition coefficient (Wildman–Crippen LogP) is 4.32. The van der Waals surface area contributed by atoms with Gasteiger partial charge < -0.3 is 14.5 Å². The number of ether oxygens (including phenoxy) is 1. The lowest BCUT2D eigenvalue weighted by Gasteiger charge is -2.31. The highest BCUT2D eigenvalue weighted by atomic mass is 32.2. The number of fused-ring (bicyclic) bond motifs is 1. The highest BCUT2D eigenvalue weighted by Crippen LogP contribution is 2.28. The van der Waals surface area contributed by atoms with Gasteiger partial charge in [-0.15, -0.1) is 0 Å². The van der Waals surface area contributed by atoms with Crippen molar-refractivity contribution in [3.05, 3.63) is 71.8 Å². The average molecular weight is 510 g/mol. The van der Waals surface area contributed by atoms with E-state index in [0.29, 0.717) is 48.9 Å². The van der Waals surface area contributed by atoms with E-state index in [0.717, 1.165) is 11.3 Å². The number of piperidine rings is 1. The van der Waals surface area contributed by atoms with Gasteiger partial charge in [0, 0.05) is 42.8 Å². The van der Waals surface area contributed by atoms with E-state index >= 15 is 0 Å². The van der Waals surface area contributed by atoms with Gasteiger partial charge in [0.15, 0.2) is 0 Å². The Bertz CT molecular complexity index is 1380. The number of rotatable bonds is 6. The molecule has 0 unspecified atom stereocenters. The summed E-state index contributed by atoms with van der Waals surface area (Å²) >= 11 is 0. The van der Waals surface area contributed by atoms with Gasteiger partial charge in [-0.2, -0.15) is 0 Å². The van der Waals surface area contributed by atoms with Crippen molar-refractivity contribution in [3.8, 4) is 0 Å². The van der Waals surface area contributed by atoms with Gasteiger partial charge in [0.1, 0.15) is 0 Å². The van der Waals surface area contributed by atoms with Gasteiger partial charge in [-0.25, -0.2) is 17.9 Å². The molecule has 2 amide bonds. The molecule has 1 N–H and O–H groups in total. The third-order valence-corrected chi connectivity index (χ3v) is 8.02. The molecule has 1 heterocycles. The third-order valence-electron chi connectivity index (χ3n) is 6.44. The quantitative estimate of drug-likeness (QED) is 0.534. The summed E-state index contributed by atoms with van der Waals surface area (Å²) in [6.07, 6.45) is 0.613. The Kier molecular flexibility index (Phi) is 7.61. The zero-order valence-electron chi connectivity index (χ0n) is 20.7. The summed E-state index contributed by atoms with van der Waals surface area (Å²) in [5.41, 5.74) is 2.23. The smallest absolute Gasteiger partial charge is 0.409 e. The van der Waals surface area contributed by atoms with Gasteiger partial charge in [0.2, 0.25) is 10.0 Å². The Morgan fingerprint density at radius 1 is 1.03 bits per heavy atom. The number of carbonyl (C=O) groups excluding carboxylic acids is 2. The maximum absolute atomic E-state index is 13.4. The molecule has 1 saturated heterocycles. The Morgan fingerprint density at radius 3 is 2.39 bits per heavy atom. The van der Waals surface area contributed by atoms with E-state index in [1.165, 1.54) is 0 Å². The lowest BCUT2D eigenvalue weighted by atomic mass is 10.0. The lowest BCUT2D eigenvalue weighted by Crippen LogP contribution is -2.46.